The Morgan fingerprint density at radius 2 is 1.00 bits per heavy atom. The molecule has 0 aromatic heterocycles. The molecule has 0 saturated heterocycles. The molecule has 2 N–H and O–H groups in total. The molecule has 22 valence electrons. The fourth-order valence-electron chi connectivity index (χ4n) is 0. The fourth-order valence-corrected chi connectivity index (χ4v) is 0. The Kier molecular flexibility index (Phi) is 102. The number of hydrogen-bond donors (Lipinski definition) is 0. The van der Waals surface area contributed by atoms with Crippen LogP contribution in [0.1, 0.15) is 13.8 Å². The zero-order chi connectivity index (χ0) is 2.00. The molecule has 0 fully saturated rings. The molecular formula is C2H8KN. The summed E-state index contributed by atoms with van der Waals surface area (Å²) in [4.78, 5) is 0. The Labute approximate surface area is 70.2 Å². The van der Waals surface area contributed by atoms with Crippen LogP contribution < -0.4 is 51.4 Å². The summed E-state index contributed by atoms with van der Waals surface area (Å²) in [6.45, 7) is 4.00. The third kappa shape index (κ3) is 9.51. The monoisotopic (exact) mass is 85.0 g/mol. The summed E-state index contributed by atoms with van der Waals surface area (Å²) in [6, 6.07) is 0. The van der Waals surface area contributed by atoms with Crippen molar-refractivity contribution in [2.75, 3.05) is 0 Å². The van der Waals surface area contributed by atoms with Gasteiger partial charge >= 0.3 is 51.4 Å². The molecule has 0 saturated carbocycles. The summed E-state index contributed by atoms with van der Waals surface area (Å²) in [5.41, 5.74) is 0. The standard InChI is InChI=1S/C2H6.K.H2N/c1-2;;/h1-2H3;;1H2/q;+1;-1. The minimum absolute atomic E-state index is 0. The molecule has 0 aromatic rings. The van der Waals surface area contributed by atoms with Gasteiger partial charge in [-0.15, -0.1) is 0 Å². The molecule has 0 bridgehead atoms. The number of nitrogens with two attached hydrogens (primary N) is 1. The van der Waals surface area contributed by atoms with Crippen molar-refractivity contribution in [2.45, 2.75) is 13.8 Å². The van der Waals surface area contributed by atoms with Crippen LogP contribution in [0.4, 0.5) is 0 Å². The Bertz CT molecular complexity index is 6.00. The van der Waals surface area contributed by atoms with Gasteiger partial charge < -0.3 is 6.15 Å². The van der Waals surface area contributed by atoms with Crippen LogP contribution in [0.2, 0.25) is 0 Å². The van der Waals surface area contributed by atoms with Crippen LogP contribution in [0, 0.1) is 0 Å². The maximum Gasteiger partial charge on any atom is 1.00 e. The fraction of sp³-hybridized carbons (Fsp3) is 1.00. The van der Waals surface area contributed by atoms with E-state index in [2.05, 4.69) is 0 Å². The van der Waals surface area contributed by atoms with E-state index >= 15 is 0 Å². The van der Waals surface area contributed by atoms with Crippen LogP contribution >= 0.6 is 0 Å². The molecular weight excluding hydrogens is 77.1 g/mol. The van der Waals surface area contributed by atoms with E-state index in [-0.39, 0.29) is 57.5 Å². The largest absolute Gasteiger partial charge is 1.00 e. The Balaban J connectivity index is -0.00000000500. The average molecular weight is 85.2 g/mol. The van der Waals surface area contributed by atoms with Gasteiger partial charge in [-0.3, -0.25) is 0 Å². The van der Waals surface area contributed by atoms with Crippen molar-refractivity contribution in [1.29, 1.82) is 0 Å². The molecule has 0 aliphatic heterocycles. The van der Waals surface area contributed by atoms with E-state index < -0.39 is 0 Å². The summed E-state index contributed by atoms with van der Waals surface area (Å²) in [5, 5.41) is 0. The summed E-state index contributed by atoms with van der Waals surface area (Å²) < 4.78 is 0. The average Bonchev–Trinajstić information content (AvgIpc) is 1.00. The second-order valence-electron chi connectivity index (χ2n) is 0. The van der Waals surface area contributed by atoms with Crippen molar-refractivity contribution in [3.63, 3.8) is 0 Å². The van der Waals surface area contributed by atoms with Crippen LogP contribution in [0.3, 0.4) is 0 Å². The molecule has 0 rings (SSSR count). The first-order valence-corrected chi connectivity index (χ1v) is 1.00. The summed E-state index contributed by atoms with van der Waals surface area (Å²) >= 11 is 0. The first kappa shape index (κ1) is 17.5. The van der Waals surface area contributed by atoms with Crippen molar-refractivity contribution in [1.82, 2.24) is 0 Å². The van der Waals surface area contributed by atoms with Gasteiger partial charge in [0.05, 0.1) is 0 Å². The van der Waals surface area contributed by atoms with Gasteiger partial charge in [-0.2, -0.15) is 0 Å². The van der Waals surface area contributed by atoms with E-state index in [0.29, 0.717) is 0 Å². The van der Waals surface area contributed by atoms with Crippen molar-refractivity contribution in [2.24, 2.45) is 0 Å². The second kappa shape index (κ2) is 23.3. The molecule has 0 aliphatic carbocycles. The zero-order valence-corrected chi connectivity index (χ0v) is 6.70. The smallest absolute Gasteiger partial charge is 0.693 e. The molecule has 1 nitrogen and oxygen atoms in total. The van der Waals surface area contributed by atoms with Crippen molar-refractivity contribution in [3.8, 4) is 0 Å². The number of rotatable bonds is 0. The van der Waals surface area contributed by atoms with E-state index in [1.165, 1.54) is 0 Å². The minimum Gasteiger partial charge on any atom is -0.693 e. The van der Waals surface area contributed by atoms with Crippen molar-refractivity contribution >= 4 is 0 Å². The van der Waals surface area contributed by atoms with E-state index in [1.807, 2.05) is 13.8 Å². The SMILES string of the molecule is CC.[K+].[NH2-]. The van der Waals surface area contributed by atoms with Crippen LogP contribution in [-0.2, 0) is 0 Å². The molecule has 0 radical (unpaired) electrons. The van der Waals surface area contributed by atoms with Crippen LogP contribution in [0.5, 0.6) is 0 Å². The van der Waals surface area contributed by atoms with E-state index in [0.717, 1.165) is 0 Å². The van der Waals surface area contributed by atoms with Crippen LogP contribution in [-0.4, -0.2) is 0 Å². The van der Waals surface area contributed by atoms with Crippen LogP contribution in [0.25, 0.3) is 6.15 Å². The van der Waals surface area contributed by atoms with Gasteiger partial charge in [0, 0.05) is 0 Å². The predicted octanol–water partition coefficient (Wildman–Crippen LogP) is -1.25. The van der Waals surface area contributed by atoms with E-state index in [9.17, 15) is 0 Å². The normalized spacial score (nSPS) is 1.50. The molecule has 4 heavy (non-hydrogen) atoms. The quantitative estimate of drug-likeness (QED) is 0.329. The summed E-state index contributed by atoms with van der Waals surface area (Å²) in [6.07, 6.45) is 0. The molecule has 0 spiro atoms. The number of hydrogen-bond acceptors (Lipinski definition) is 0. The third-order valence-electron chi connectivity index (χ3n) is 0. The molecule has 0 heterocycles. The Morgan fingerprint density at radius 3 is 1.00 bits per heavy atom. The van der Waals surface area contributed by atoms with Crippen molar-refractivity contribution < 1.29 is 51.4 Å². The van der Waals surface area contributed by atoms with Gasteiger partial charge in [-0.1, -0.05) is 13.8 Å². The predicted molar refractivity (Wildman–Crippen MR) is 16.6 cm³/mol. The van der Waals surface area contributed by atoms with Gasteiger partial charge in [-0.05, 0) is 0 Å². The van der Waals surface area contributed by atoms with E-state index in [1.54, 1.807) is 0 Å². The minimum atomic E-state index is 0. The van der Waals surface area contributed by atoms with Gasteiger partial charge in [0.15, 0.2) is 0 Å². The van der Waals surface area contributed by atoms with Crippen molar-refractivity contribution in [3.05, 3.63) is 6.15 Å². The maximum absolute atomic E-state index is 2.00. The molecule has 0 atom stereocenters. The Hall–Kier alpha value is 1.60. The third-order valence-corrected chi connectivity index (χ3v) is 0. The Morgan fingerprint density at radius 1 is 1.00 bits per heavy atom. The van der Waals surface area contributed by atoms with E-state index in [4.69, 9.17) is 0 Å². The van der Waals surface area contributed by atoms with Gasteiger partial charge in [0.1, 0.15) is 0 Å². The molecule has 2 heteroatoms. The molecule has 0 unspecified atom stereocenters. The van der Waals surface area contributed by atoms with Gasteiger partial charge in [0.25, 0.3) is 0 Å². The summed E-state index contributed by atoms with van der Waals surface area (Å²) in [7, 11) is 0. The maximum atomic E-state index is 2.00. The topological polar surface area (TPSA) is 33.5 Å². The molecule has 0 aliphatic rings. The summed E-state index contributed by atoms with van der Waals surface area (Å²) in [5.74, 6) is 0. The van der Waals surface area contributed by atoms with Crippen LogP contribution in [0.15, 0.2) is 0 Å². The second-order valence-corrected chi connectivity index (χ2v) is 0. The first-order valence-electron chi connectivity index (χ1n) is 1.00. The zero-order valence-electron chi connectivity index (χ0n) is 3.58. The first-order chi connectivity index (χ1) is 1.00. The van der Waals surface area contributed by atoms with Gasteiger partial charge in [-0.25, -0.2) is 0 Å². The molecule has 0 aromatic carbocycles. The van der Waals surface area contributed by atoms with Gasteiger partial charge in [0.2, 0.25) is 0 Å². The molecule has 0 amide bonds.